The number of benzene rings is 1. The predicted octanol–water partition coefficient (Wildman–Crippen LogP) is 2.00. The maximum absolute atomic E-state index is 10.8. The molecule has 0 aromatic heterocycles. The second-order valence-electron chi connectivity index (χ2n) is 3.81. The zero-order chi connectivity index (χ0) is 14.1. The molecule has 1 rings (SSSR count). The summed E-state index contributed by atoms with van der Waals surface area (Å²) in [6, 6.07) is 4.52. The van der Waals surface area contributed by atoms with Crippen LogP contribution in [0.3, 0.4) is 0 Å². The maximum Gasteiger partial charge on any atom is 0.273 e. The molecule has 0 aliphatic rings. The molecule has 0 fully saturated rings. The highest BCUT2D eigenvalue weighted by atomic mass is 35.5. The molecule has 0 spiro atoms. The summed E-state index contributed by atoms with van der Waals surface area (Å²) in [5, 5.41) is 14.4. The first-order valence-electron chi connectivity index (χ1n) is 5.85. The SMILES string of the molecule is COCCOCCNCc1cc(Cl)ccc1[N+](=O)[O-]. The molecule has 1 aromatic carbocycles. The van der Waals surface area contributed by atoms with Gasteiger partial charge in [-0.1, -0.05) is 11.6 Å². The third kappa shape index (κ3) is 5.98. The van der Waals surface area contributed by atoms with E-state index >= 15 is 0 Å². The number of hydrogen-bond acceptors (Lipinski definition) is 5. The molecular weight excluding hydrogens is 272 g/mol. The van der Waals surface area contributed by atoms with Crippen molar-refractivity contribution >= 4 is 17.3 Å². The molecule has 7 heteroatoms. The number of methoxy groups -OCH3 is 1. The largest absolute Gasteiger partial charge is 0.382 e. The lowest BCUT2D eigenvalue weighted by Gasteiger charge is -2.07. The van der Waals surface area contributed by atoms with E-state index in [0.29, 0.717) is 43.5 Å². The van der Waals surface area contributed by atoms with Gasteiger partial charge in [0.2, 0.25) is 0 Å². The standard InChI is InChI=1S/C12H17ClN2O4/c1-18-6-7-19-5-4-14-9-10-8-11(13)2-3-12(10)15(16)17/h2-3,8,14H,4-7,9H2,1H3. The van der Waals surface area contributed by atoms with Gasteiger partial charge in [-0.25, -0.2) is 0 Å². The van der Waals surface area contributed by atoms with Gasteiger partial charge < -0.3 is 14.8 Å². The lowest BCUT2D eigenvalue weighted by atomic mass is 10.2. The molecule has 0 radical (unpaired) electrons. The van der Waals surface area contributed by atoms with Crippen LogP contribution < -0.4 is 5.32 Å². The first kappa shape index (κ1) is 15.8. The number of hydrogen-bond donors (Lipinski definition) is 1. The molecule has 1 aromatic rings. The van der Waals surface area contributed by atoms with E-state index in [4.69, 9.17) is 21.1 Å². The Morgan fingerprint density at radius 1 is 1.37 bits per heavy atom. The topological polar surface area (TPSA) is 73.6 Å². The lowest BCUT2D eigenvalue weighted by Crippen LogP contribution is -2.20. The highest BCUT2D eigenvalue weighted by Gasteiger charge is 2.12. The van der Waals surface area contributed by atoms with Crippen molar-refractivity contribution in [3.63, 3.8) is 0 Å². The van der Waals surface area contributed by atoms with Crippen molar-refractivity contribution in [3.05, 3.63) is 38.9 Å². The number of rotatable bonds is 9. The van der Waals surface area contributed by atoms with Gasteiger partial charge in [0.05, 0.1) is 24.7 Å². The number of halogens is 1. The van der Waals surface area contributed by atoms with Crippen LogP contribution in [-0.2, 0) is 16.0 Å². The van der Waals surface area contributed by atoms with Crippen molar-refractivity contribution in [2.24, 2.45) is 0 Å². The van der Waals surface area contributed by atoms with Crippen LogP contribution in [0.4, 0.5) is 5.69 Å². The fourth-order valence-corrected chi connectivity index (χ4v) is 1.68. The molecule has 0 atom stereocenters. The molecular formula is C12H17ClN2O4. The average Bonchev–Trinajstić information content (AvgIpc) is 2.37. The molecule has 1 N–H and O–H groups in total. The summed E-state index contributed by atoms with van der Waals surface area (Å²) < 4.78 is 10.1. The van der Waals surface area contributed by atoms with Gasteiger partial charge >= 0.3 is 0 Å². The summed E-state index contributed by atoms with van der Waals surface area (Å²) in [5.74, 6) is 0. The van der Waals surface area contributed by atoms with Gasteiger partial charge in [0.1, 0.15) is 0 Å². The molecule has 0 aliphatic carbocycles. The Morgan fingerprint density at radius 2 is 2.16 bits per heavy atom. The van der Waals surface area contributed by atoms with Crippen molar-refractivity contribution in [3.8, 4) is 0 Å². The minimum atomic E-state index is -0.414. The van der Waals surface area contributed by atoms with Gasteiger partial charge in [0, 0.05) is 36.9 Å². The smallest absolute Gasteiger partial charge is 0.273 e. The zero-order valence-corrected chi connectivity index (χ0v) is 11.5. The maximum atomic E-state index is 10.8. The highest BCUT2D eigenvalue weighted by molar-refractivity contribution is 6.30. The minimum absolute atomic E-state index is 0.0669. The summed E-state index contributed by atoms with van der Waals surface area (Å²) in [4.78, 5) is 10.4. The van der Waals surface area contributed by atoms with Crippen LogP contribution in [0.1, 0.15) is 5.56 Å². The molecule has 0 saturated carbocycles. The van der Waals surface area contributed by atoms with E-state index in [-0.39, 0.29) is 5.69 Å². The van der Waals surface area contributed by atoms with Crippen LogP contribution in [0.15, 0.2) is 18.2 Å². The van der Waals surface area contributed by atoms with Gasteiger partial charge in [-0.3, -0.25) is 10.1 Å². The van der Waals surface area contributed by atoms with Gasteiger partial charge in [-0.2, -0.15) is 0 Å². The van der Waals surface area contributed by atoms with E-state index in [1.165, 1.54) is 12.1 Å². The summed E-state index contributed by atoms with van der Waals surface area (Å²) in [6.07, 6.45) is 0. The third-order valence-electron chi connectivity index (χ3n) is 2.41. The molecule has 0 heterocycles. The average molecular weight is 289 g/mol. The first-order chi connectivity index (χ1) is 9.15. The van der Waals surface area contributed by atoms with Crippen molar-refractivity contribution in [2.45, 2.75) is 6.54 Å². The number of nitro groups is 1. The highest BCUT2D eigenvalue weighted by Crippen LogP contribution is 2.22. The quantitative estimate of drug-likeness (QED) is 0.427. The van der Waals surface area contributed by atoms with Crippen molar-refractivity contribution in [2.75, 3.05) is 33.5 Å². The van der Waals surface area contributed by atoms with Crippen LogP contribution in [0.25, 0.3) is 0 Å². The van der Waals surface area contributed by atoms with E-state index in [0.717, 1.165) is 0 Å². The van der Waals surface area contributed by atoms with Crippen molar-refractivity contribution < 1.29 is 14.4 Å². The van der Waals surface area contributed by atoms with Gasteiger partial charge in [-0.05, 0) is 12.1 Å². The number of ether oxygens (including phenoxy) is 2. The number of nitrogens with one attached hydrogen (secondary N) is 1. The van der Waals surface area contributed by atoms with Gasteiger partial charge in [-0.15, -0.1) is 0 Å². The molecule has 106 valence electrons. The van der Waals surface area contributed by atoms with E-state index in [1.807, 2.05) is 0 Å². The summed E-state index contributed by atoms with van der Waals surface area (Å²) in [6.45, 7) is 2.60. The molecule has 0 amide bonds. The Morgan fingerprint density at radius 3 is 2.84 bits per heavy atom. The molecule has 0 saturated heterocycles. The van der Waals surface area contributed by atoms with Crippen LogP contribution in [0.5, 0.6) is 0 Å². The molecule has 0 bridgehead atoms. The second kappa shape index (κ2) is 8.82. The fourth-order valence-electron chi connectivity index (χ4n) is 1.49. The summed E-state index contributed by atoms with van der Waals surface area (Å²) in [7, 11) is 1.61. The van der Waals surface area contributed by atoms with Crippen molar-refractivity contribution in [1.29, 1.82) is 0 Å². The molecule has 0 aliphatic heterocycles. The van der Waals surface area contributed by atoms with E-state index in [1.54, 1.807) is 13.2 Å². The monoisotopic (exact) mass is 288 g/mol. The van der Waals surface area contributed by atoms with Crippen LogP contribution in [0.2, 0.25) is 5.02 Å². The van der Waals surface area contributed by atoms with Crippen LogP contribution in [0, 0.1) is 10.1 Å². The van der Waals surface area contributed by atoms with Crippen molar-refractivity contribution in [1.82, 2.24) is 5.32 Å². The number of nitro benzene ring substituents is 1. The van der Waals surface area contributed by atoms with Gasteiger partial charge in [0.15, 0.2) is 0 Å². The Kier molecular flexibility index (Phi) is 7.35. The Labute approximate surface area is 116 Å². The number of nitrogens with zero attached hydrogens (tertiary/aromatic N) is 1. The molecule has 0 unspecified atom stereocenters. The summed E-state index contributed by atoms with van der Waals surface area (Å²) >= 11 is 5.83. The Balaban J connectivity index is 2.36. The van der Waals surface area contributed by atoms with Gasteiger partial charge in [0.25, 0.3) is 5.69 Å². The van der Waals surface area contributed by atoms with E-state index < -0.39 is 4.92 Å². The fraction of sp³-hybridized carbons (Fsp3) is 0.500. The third-order valence-corrected chi connectivity index (χ3v) is 2.64. The first-order valence-corrected chi connectivity index (χ1v) is 6.23. The molecule has 6 nitrogen and oxygen atoms in total. The zero-order valence-electron chi connectivity index (χ0n) is 10.7. The van der Waals surface area contributed by atoms with E-state index in [9.17, 15) is 10.1 Å². The van der Waals surface area contributed by atoms with Crippen LogP contribution in [-0.4, -0.2) is 38.4 Å². The van der Waals surface area contributed by atoms with Crippen LogP contribution >= 0.6 is 11.6 Å². The van der Waals surface area contributed by atoms with E-state index in [2.05, 4.69) is 5.32 Å². The molecule has 19 heavy (non-hydrogen) atoms. The lowest BCUT2D eigenvalue weighted by molar-refractivity contribution is -0.385. The normalized spacial score (nSPS) is 10.6. The second-order valence-corrected chi connectivity index (χ2v) is 4.25. The Hall–Kier alpha value is -1.21. The minimum Gasteiger partial charge on any atom is -0.382 e. The Bertz CT molecular complexity index is 415. The summed E-state index contributed by atoms with van der Waals surface area (Å²) in [5.41, 5.74) is 0.631. The predicted molar refractivity (Wildman–Crippen MR) is 72.5 cm³/mol.